The molecule has 4 saturated carbocycles. The number of hydrogen-bond donors (Lipinski definition) is 0. The van der Waals surface area contributed by atoms with Crippen LogP contribution in [-0.2, 0) is 0 Å². The molecule has 4 aliphatic rings. The largest absolute Gasteiger partial charge is 0.497 e. The summed E-state index contributed by atoms with van der Waals surface area (Å²) in [7, 11) is 3.49. The van der Waals surface area contributed by atoms with E-state index in [2.05, 4.69) is 48.5 Å². The lowest BCUT2D eigenvalue weighted by atomic mass is 9.45. The summed E-state index contributed by atoms with van der Waals surface area (Å²) in [6.45, 7) is 0. The third-order valence-corrected chi connectivity index (χ3v) is 7.60. The van der Waals surface area contributed by atoms with Gasteiger partial charge in [0.2, 0.25) is 0 Å². The van der Waals surface area contributed by atoms with Crippen LogP contribution < -0.4 is 9.47 Å². The Morgan fingerprint density at radius 1 is 0.667 bits per heavy atom. The molecule has 0 atom stereocenters. The zero-order valence-electron chi connectivity index (χ0n) is 16.5. The topological polar surface area (TPSA) is 18.5 Å². The lowest BCUT2D eigenvalue weighted by molar-refractivity contribution is -0.0619. The average molecular weight is 363 g/mol. The summed E-state index contributed by atoms with van der Waals surface area (Å²) in [4.78, 5) is 0. The van der Waals surface area contributed by atoms with Gasteiger partial charge in [-0.15, -0.1) is 0 Å². The summed E-state index contributed by atoms with van der Waals surface area (Å²) in [5, 5.41) is 0. The van der Waals surface area contributed by atoms with E-state index < -0.39 is 0 Å². The van der Waals surface area contributed by atoms with Crippen LogP contribution in [0.3, 0.4) is 0 Å². The number of benzene rings is 2. The summed E-state index contributed by atoms with van der Waals surface area (Å²) >= 11 is 0. The summed E-state index contributed by atoms with van der Waals surface area (Å²) in [6.07, 6.45) is 8.66. The van der Waals surface area contributed by atoms with Gasteiger partial charge in [-0.05, 0) is 97.1 Å². The van der Waals surface area contributed by atoms with E-state index in [-0.39, 0.29) is 0 Å². The van der Waals surface area contributed by atoms with Crippen LogP contribution in [0.1, 0.15) is 55.6 Å². The van der Waals surface area contributed by atoms with E-state index >= 15 is 0 Å². The summed E-state index contributed by atoms with van der Waals surface area (Å²) in [6, 6.07) is 17.7. The molecule has 2 heteroatoms. The second-order valence-corrected chi connectivity index (χ2v) is 9.26. The fraction of sp³-hybridized carbons (Fsp3) is 0.520. The van der Waals surface area contributed by atoms with Gasteiger partial charge >= 0.3 is 0 Å². The molecular formula is C25H30O2. The van der Waals surface area contributed by atoms with Gasteiger partial charge in [-0.2, -0.15) is 0 Å². The lowest BCUT2D eigenvalue weighted by Crippen LogP contribution is -2.49. The van der Waals surface area contributed by atoms with Crippen LogP contribution in [0, 0.1) is 23.2 Å². The Bertz CT molecular complexity index is 707. The van der Waals surface area contributed by atoms with E-state index in [1.807, 2.05) is 0 Å². The van der Waals surface area contributed by atoms with E-state index in [9.17, 15) is 0 Å². The fourth-order valence-electron chi connectivity index (χ4n) is 7.02. The molecule has 6 rings (SSSR count). The monoisotopic (exact) mass is 362 g/mol. The maximum absolute atomic E-state index is 5.42. The SMILES string of the molecule is COc1ccc(C(c2ccc(OC)cc2)C23CC4CC(CC(C4)C2)C3)cc1. The van der Waals surface area contributed by atoms with Crippen LogP contribution in [0.4, 0.5) is 0 Å². The second kappa shape index (κ2) is 6.58. The molecular weight excluding hydrogens is 332 g/mol. The minimum Gasteiger partial charge on any atom is -0.497 e. The third-order valence-electron chi connectivity index (χ3n) is 7.60. The lowest BCUT2D eigenvalue weighted by Gasteiger charge is -2.59. The Balaban J connectivity index is 1.59. The Hall–Kier alpha value is -1.96. The van der Waals surface area contributed by atoms with Crippen LogP contribution in [0.15, 0.2) is 48.5 Å². The van der Waals surface area contributed by atoms with E-state index in [1.165, 1.54) is 49.7 Å². The first kappa shape index (κ1) is 17.2. The van der Waals surface area contributed by atoms with Crippen molar-refractivity contribution in [2.24, 2.45) is 23.2 Å². The van der Waals surface area contributed by atoms with E-state index in [4.69, 9.17) is 9.47 Å². The zero-order chi connectivity index (χ0) is 18.4. The fourth-order valence-corrected chi connectivity index (χ4v) is 7.02. The molecule has 4 aliphatic carbocycles. The second-order valence-electron chi connectivity index (χ2n) is 9.26. The predicted molar refractivity (Wildman–Crippen MR) is 108 cm³/mol. The standard InChI is InChI=1S/C25H30O2/c1-26-22-7-3-20(4-8-22)24(21-5-9-23(27-2)10-6-21)25-14-17-11-18(15-25)13-19(12-17)16-25/h3-10,17-19,24H,11-16H2,1-2H3. The molecule has 0 heterocycles. The van der Waals surface area contributed by atoms with Crippen molar-refractivity contribution in [3.05, 3.63) is 59.7 Å². The summed E-state index contributed by atoms with van der Waals surface area (Å²) in [5.41, 5.74) is 3.32. The molecule has 0 unspecified atom stereocenters. The predicted octanol–water partition coefficient (Wildman–Crippen LogP) is 6.05. The molecule has 0 amide bonds. The molecule has 0 aliphatic heterocycles. The quantitative estimate of drug-likeness (QED) is 0.644. The van der Waals surface area contributed by atoms with Gasteiger partial charge in [-0.3, -0.25) is 0 Å². The molecule has 0 spiro atoms. The van der Waals surface area contributed by atoms with Crippen molar-refractivity contribution in [3.8, 4) is 11.5 Å². The Labute approximate surface area is 162 Å². The highest BCUT2D eigenvalue weighted by atomic mass is 16.5. The summed E-state index contributed by atoms with van der Waals surface area (Å²) in [5.74, 6) is 5.22. The maximum Gasteiger partial charge on any atom is 0.118 e. The van der Waals surface area contributed by atoms with E-state index in [0.717, 1.165) is 29.3 Å². The van der Waals surface area contributed by atoms with E-state index in [1.54, 1.807) is 14.2 Å². The van der Waals surface area contributed by atoms with Gasteiger partial charge in [0.05, 0.1) is 14.2 Å². The molecule has 0 saturated heterocycles. The first-order valence-corrected chi connectivity index (χ1v) is 10.5. The first-order valence-electron chi connectivity index (χ1n) is 10.5. The van der Waals surface area contributed by atoms with Crippen LogP contribution in [0.2, 0.25) is 0 Å². The normalized spacial score (nSPS) is 31.3. The molecule has 2 aromatic rings. The molecule has 0 radical (unpaired) electrons. The highest BCUT2D eigenvalue weighted by Crippen LogP contribution is 2.65. The minimum atomic E-state index is 0.428. The van der Waals surface area contributed by atoms with Gasteiger partial charge in [0.1, 0.15) is 11.5 Å². The van der Waals surface area contributed by atoms with Crippen molar-refractivity contribution >= 4 is 0 Å². The van der Waals surface area contributed by atoms with Gasteiger partial charge in [-0.25, -0.2) is 0 Å². The van der Waals surface area contributed by atoms with Crippen LogP contribution in [0.5, 0.6) is 11.5 Å². The third kappa shape index (κ3) is 2.94. The molecule has 142 valence electrons. The molecule has 2 nitrogen and oxygen atoms in total. The Kier molecular flexibility index (Phi) is 4.18. The molecule has 4 fully saturated rings. The van der Waals surface area contributed by atoms with Crippen molar-refractivity contribution < 1.29 is 9.47 Å². The van der Waals surface area contributed by atoms with Crippen molar-refractivity contribution in [2.45, 2.75) is 44.4 Å². The molecule has 0 N–H and O–H groups in total. The smallest absolute Gasteiger partial charge is 0.118 e. The van der Waals surface area contributed by atoms with Gasteiger partial charge in [-0.1, -0.05) is 24.3 Å². The van der Waals surface area contributed by atoms with Crippen molar-refractivity contribution in [3.63, 3.8) is 0 Å². The molecule has 2 aromatic carbocycles. The average Bonchev–Trinajstić information content (AvgIpc) is 2.68. The van der Waals surface area contributed by atoms with Crippen LogP contribution in [0.25, 0.3) is 0 Å². The van der Waals surface area contributed by atoms with Crippen LogP contribution in [-0.4, -0.2) is 14.2 Å². The highest BCUT2D eigenvalue weighted by Gasteiger charge is 2.54. The number of rotatable bonds is 5. The van der Waals surface area contributed by atoms with E-state index in [0.29, 0.717) is 11.3 Å². The van der Waals surface area contributed by atoms with Gasteiger partial charge in [0.25, 0.3) is 0 Å². The van der Waals surface area contributed by atoms with Crippen molar-refractivity contribution in [2.75, 3.05) is 14.2 Å². The summed E-state index contributed by atoms with van der Waals surface area (Å²) < 4.78 is 10.8. The Morgan fingerprint density at radius 2 is 1.04 bits per heavy atom. The van der Waals surface area contributed by atoms with Crippen molar-refractivity contribution in [1.29, 1.82) is 0 Å². The number of hydrogen-bond acceptors (Lipinski definition) is 2. The first-order chi connectivity index (χ1) is 13.2. The molecule has 0 aromatic heterocycles. The van der Waals surface area contributed by atoms with Gasteiger partial charge in [0.15, 0.2) is 0 Å². The minimum absolute atomic E-state index is 0.428. The molecule has 4 bridgehead atoms. The maximum atomic E-state index is 5.42. The number of ether oxygens (including phenoxy) is 2. The van der Waals surface area contributed by atoms with Crippen molar-refractivity contribution in [1.82, 2.24) is 0 Å². The van der Waals surface area contributed by atoms with Gasteiger partial charge in [0, 0.05) is 5.92 Å². The number of methoxy groups -OCH3 is 2. The molecule has 27 heavy (non-hydrogen) atoms. The zero-order valence-corrected chi connectivity index (χ0v) is 16.5. The Morgan fingerprint density at radius 3 is 1.37 bits per heavy atom. The highest BCUT2D eigenvalue weighted by molar-refractivity contribution is 5.41. The van der Waals surface area contributed by atoms with Crippen LogP contribution >= 0.6 is 0 Å². The van der Waals surface area contributed by atoms with Gasteiger partial charge < -0.3 is 9.47 Å².